The number of carbonyl (C=O) groups is 1. The predicted molar refractivity (Wildman–Crippen MR) is 60.3 cm³/mol. The quantitative estimate of drug-likeness (QED) is 0.469. The molecule has 2 N–H and O–H groups in total. The lowest BCUT2D eigenvalue weighted by atomic mass is 10.1. The Morgan fingerprint density at radius 2 is 2.00 bits per heavy atom. The molecule has 0 bridgehead atoms. The van der Waals surface area contributed by atoms with Crippen LogP contribution in [0.2, 0.25) is 0 Å². The lowest BCUT2D eigenvalue weighted by Crippen LogP contribution is -2.13. The van der Waals surface area contributed by atoms with Crippen LogP contribution in [0.4, 0.5) is 0 Å². The van der Waals surface area contributed by atoms with Crippen molar-refractivity contribution in [2.75, 3.05) is 0 Å². The third-order valence-corrected chi connectivity index (χ3v) is 2.97. The number of aliphatic hydroxyl groups is 1. The number of carboxylic acids is 1. The Labute approximate surface area is 96.6 Å². The number of hydrogen-bond acceptors (Lipinski definition) is 3. The smallest absolute Gasteiger partial charge is 0.305 e. The number of ether oxygens (including phenoxy) is 1. The normalized spacial score (nSPS) is 25.4. The van der Waals surface area contributed by atoms with Crippen LogP contribution in [0.15, 0.2) is 0 Å². The van der Waals surface area contributed by atoms with Gasteiger partial charge in [0.05, 0.1) is 24.7 Å². The van der Waals surface area contributed by atoms with Gasteiger partial charge in [0, 0.05) is 0 Å². The van der Waals surface area contributed by atoms with Gasteiger partial charge < -0.3 is 14.9 Å². The zero-order valence-corrected chi connectivity index (χ0v) is 9.89. The van der Waals surface area contributed by atoms with Crippen LogP contribution in [0.5, 0.6) is 0 Å². The van der Waals surface area contributed by atoms with Gasteiger partial charge in [-0.2, -0.15) is 0 Å². The van der Waals surface area contributed by atoms with Gasteiger partial charge in [0.15, 0.2) is 0 Å². The lowest BCUT2D eigenvalue weighted by molar-refractivity contribution is -0.139. The third-order valence-electron chi connectivity index (χ3n) is 2.97. The molecule has 1 aliphatic heterocycles. The molecule has 0 aromatic rings. The zero-order valence-electron chi connectivity index (χ0n) is 9.89. The number of unbranched alkanes of at least 4 members (excludes halogenated alkanes) is 2. The van der Waals surface area contributed by atoms with E-state index in [1.165, 1.54) is 19.3 Å². The second-order valence-corrected chi connectivity index (χ2v) is 4.54. The van der Waals surface area contributed by atoms with Crippen LogP contribution in [-0.4, -0.2) is 34.5 Å². The molecule has 3 atom stereocenters. The average molecular weight is 230 g/mol. The van der Waals surface area contributed by atoms with E-state index in [-0.39, 0.29) is 12.5 Å². The van der Waals surface area contributed by atoms with E-state index >= 15 is 0 Å². The first-order chi connectivity index (χ1) is 7.63. The molecule has 0 radical (unpaired) electrons. The van der Waals surface area contributed by atoms with Crippen molar-refractivity contribution >= 4 is 5.97 Å². The van der Waals surface area contributed by atoms with Gasteiger partial charge in [0.1, 0.15) is 0 Å². The van der Waals surface area contributed by atoms with Gasteiger partial charge in [-0.25, -0.2) is 0 Å². The maximum Gasteiger partial charge on any atom is 0.305 e. The van der Waals surface area contributed by atoms with Crippen LogP contribution in [0.1, 0.15) is 51.9 Å². The third kappa shape index (κ3) is 5.47. The molecule has 0 aromatic heterocycles. The van der Waals surface area contributed by atoms with Gasteiger partial charge in [-0.3, -0.25) is 4.79 Å². The molecule has 0 amide bonds. The minimum Gasteiger partial charge on any atom is -0.481 e. The molecule has 0 saturated carbocycles. The molecule has 16 heavy (non-hydrogen) atoms. The van der Waals surface area contributed by atoms with Crippen LogP contribution in [-0.2, 0) is 9.53 Å². The fourth-order valence-corrected chi connectivity index (χ4v) is 1.94. The molecule has 1 rings (SSSR count). The Morgan fingerprint density at radius 3 is 2.62 bits per heavy atom. The Hall–Kier alpha value is -0.610. The number of epoxide rings is 1. The first-order valence-corrected chi connectivity index (χ1v) is 6.18. The van der Waals surface area contributed by atoms with E-state index in [1.54, 1.807) is 0 Å². The van der Waals surface area contributed by atoms with E-state index in [4.69, 9.17) is 9.84 Å². The second-order valence-electron chi connectivity index (χ2n) is 4.54. The van der Waals surface area contributed by atoms with Crippen molar-refractivity contribution in [2.45, 2.75) is 70.2 Å². The van der Waals surface area contributed by atoms with Gasteiger partial charge in [0.25, 0.3) is 0 Å². The van der Waals surface area contributed by atoms with Crippen molar-refractivity contribution in [3.8, 4) is 0 Å². The molecule has 1 aliphatic rings. The van der Waals surface area contributed by atoms with Crippen molar-refractivity contribution in [3.63, 3.8) is 0 Å². The molecule has 4 nitrogen and oxygen atoms in total. The largest absolute Gasteiger partial charge is 0.481 e. The zero-order chi connectivity index (χ0) is 12.0. The molecular formula is C12H22O4. The van der Waals surface area contributed by atoms with Gasteiger partial charge >= 0.3 is 5.97 Å². The van der Waals surface area contributed by atoms with E-state index in [9.17, 15) is 9.90 Å². The molecule has 1 fully saturated rings. The lowest BCUT2D eigenvalue weighted by Gasteiger charge is -2.05. The van der Waals surface area contributed by atoms with Gasteiger partial charge in [0.2, 0.25) is 0 Å². The topological polar surface area (TPSA) is 70.1 Å². The van der Waals surface area contributed by atoms with Crippen molar-refractivity contribution in [2.24, 2.45) is 0 Å². The molecule has 0 aliphatic carbocycles. The Morgan fingerprint density at radius 1 is 1.31 bits per heavy atom. The molecule has 0 aromatic carbocycles. The molecule has 94 valence electrons. The monoisotopic (exact) mass is 230 g/mol. The molecule has 1 saturated heterocycles. The van der Waals surface area contributed by atoms with E-state index in [2.05, 4.69) is 6.92 Å². The second kappa shape index (κ2) is 6.86. The standard InChI is InChI=1S/C12H22O4/c1-2-3-4-5-10-11(16-10)7-6-9(13)8-12(14)15/h9-11,13H,2-8H2,1H3,(H,14,15). The molecular weight excluding hydrogens is 208 g/mol. The Kier molecular flexibility index (Phi) is 5.77. The highest BCUT2D eigenvalue weighted by Gasteiger charge is 2.37. The predicted octanol–water partition coefficient (Wildman–Crippen LogP) is 1.95. The highest BCUT2D eigenvalue weighted by atomic mass is 16.6. The number of hydrogen-bond donors (Lipinski definition) is 2. The summed E-state index contributed by atoms with van der Waals surface area (Å²) >= 11 is 0. The van der Waals surface area contributed by atoms with Crippen molar-refractivity contribution in [1.29, 1.82) is 0 Å². The van der Waals surface area contributed by atoms with Crippen molar-refractivity contribution in [3.05, 3.63) is 0 Å². The fourth-order valence-electron chi connectivity index (χ4n) is 1.94. The summed E-state index contributed by atoms with van der Waals surface area (Å²) in [6.45, 7) is 2.17. The minimum atomic E-state index is -0.941. The van der Waals surface area contributed by atoms with Gasteiger partial charge in [-0.05, 0) is 19.3 Å². The highest BCUT2D eigenvalue weighted by Crippen LogP contribution is 2.31. The summed E-state index contributed by atoms with van der Waals surface area (Å²) in [6.07, 6.45) is 5.83. The number of aliphatic hydroxyl groups excluding tert-OH is 1. The summed E-state index contributed by atoms with van der Waals surface area (Å²) in [5, 5.41) is 17.8. The molecule has 4 heteroatoms. The van der Waals surface area contributed by atoms with Crippen molar-refractivity contribution in [1.82, 2.24) is 0 Å². The maximum absolute atomic E-state index is 10.3. The average Bonchev–Trinajstić information content (AvgIpc) is 2.93. The summed E-state index contributed by atoms with van der Waals surface area (Å²) in [5.41, 5.74) is 0. The van der Waals surface area contributed by atoms with Crippen LogP contribution >= 0.6 is 0 Å². The summed E-state index contributed by atoms with van der Waals surface area (Å²) in [5.74, 6) is -0.941. The number of aliphatic carboxylic acids is 1. The fraction of sp³-hybridized carbons (Fsp3) is 0.917. The number of rotatable bonds is 9. The van der Waals surface area contributed by atoms with E-state index in [1.807, 2.05) is 0 Å². The summed E-state index contributed by atoms with van der Waals surface area (Å²) < 4.78 is 5.46. The molecule has 1 heterocycles. The van der Waals surface area contributed by atoms with Crippen LogP contribution in [0.25, 0.3) is 0 Å². The Bertz CT molecular complexity index is 217. The van der Waals surface area contributed by atoms with E-state index < -0.39 is 12.1 Å². The summed E-state index contributed by atoms with van der Waals surface area (Å²) in [7, 11) is 0. The van der Waals surface area contributed by atoms with Crippen LogP contribution < -0.4 is 0 Å². The Balaban J connectivity index is 1.97. The maximum atomic E-state index is 10.3. The highest BCUT2D eigenvalue weighted by molar-refractivity contribution is 5.67. The van der Waals surface area contributed by atoms with Crippen LogP contribution in [0, 0.1) is 0 Å². The van der Waals surface area contributed by atoms with Crippen molar-refractivity contribution < 1.29 is 19.7 Å². The van der Waals surface area contributed by atoms with E-state index in [0.29, 0.717) is 12.5 Å². The van der Waals surface area contributed by atoms with Gasteiger partial charge in [-0.1, -0.05) is 26.2 Å². The van der Waals surface area contributed by atoms with E-state index in [0.717, 1.165) is 12.8 Å². The molecule has 0 spiro atoms. The molecule has 3 unspecified atom stereocenters. The van der Waals surface area contributed by atoms with Gasteiger partial charge in [-0.15, -0.1) is 0 Å². The summed E-state index contributed by atoms with van der Waals surface area (Å²) in [4.78, 5) is 10.3. The first-order valence-electron chi connectivity index (χ1n) is 6.18. The summed E-state index contributed by atoms with van der Waals surface area (Å²) in [6, 6.07) is 0. The SMILES string of the molecule is CCCCCC1OC1CCC(O)CC(=O)O. The minimum absolute atomic E-state index is 0.160. The van der Waals surface area contributed by atoms with Crippen LogP contribution in [0.3, 0.4) is 0 Å². The first kappa shape index (κ1) is 13.5. The number of carboxylic acid groups (broad SMARTS) is 1.